The minimum Gasteiger partial charge on any atom is -0.460 e. The van der Waals surface area contributed by atoms with E-state index in [0.717, 1.165) is 0 Å². The van der Waals surface area contributed by atoms with Gasteiger partial charge in [0.15, 0.2) is 6.10 Å². The molecule has 0 aliphatic carbocycles. The smallest absolute Gasteiger partial charge is 0.335 e. The van der Waals surface area contributed by atoms with Gasteiger partial charge in [-0.1, -0.05) is 0 Å². The lowest BCUT2D eigenvalue weighted by Gasteiger charge is -2.03. The molecule has 0 saturated carbocycles. The van der Waals surface area contributed by atoms with Gasteiger partial charge in [-0.25, -0.2) is 4.79 Å². The van der Waals surface area contributed by atoms with Gasteiger partial charge >= 0.3 is 5.97 Å². The topological polar surface area (TPSA) is 89.7 Å². The second kappa shape index (κ2) is 3.48. The lowest BCUT2D eigenvalue weighted by Crippen LogP contribution is -2.13. The molecule has 1 aliphatic heterocycles. The molecule has 1 fully saturated rings. The normalized spacial score (nSPS) is 28.6. The first-order valence-electron chi connectivity index (χ1n) is 3.60. The third-order valence-corrected chi connectivity index (χ3v) is 1.67. The van der Waals surface area contributed by atoms with Crippen molar-refractivity contribution in [2.24, 2.45) is 0 Å². The van der Waals surface area contributed by atoms with Crippen LogP contribution in [0, 0.1) is 10.1 Å². The van der Waals surface area contributed by atoms with Crippen LogP contribution in [0.4, 0.5) is 0 Å². The van der Waals surface area contributed by atoms with Crippen LogP contribution in [-0.2, 0) is 9.53 Å². The van der Waals surface area contributed by atoms with E-state index in [9.17, 15) is 14.9 Å². The van der Waals surface area contributed by atoms with Gasteiger partial charge in [-0.15, -0.1) is 0 Å². The Bertz CT molecular complexity index is 204. The second-order valence-corrected chi connectivity index (χ2v) is 2.66. The summed E-state index contributed by atoms with van der Waals surface area (Å²) in [5, 5.41) is 18.8. The zero-order valence-corrected chi connectivity index (χ0v) is 6.30. The summed E-state index contributed by atoms with van der Waals surface area (Å²) < 4.78 is 4.63. The number of cyclic esters (lactones) is 1. The number of esters is 1. The van der Waals surface area contributed by atoms with Gasteiger partial charge in [-0.2, -0.15) is 0 Å². The van der Waals surface area contributed by atoms with E-state index in [2.05, 4.69) is 4.74 Å². The van der Waals surface area contributed by atoms with E-state index < -0.39 is 23.1 Å². The Morgan fingerprint density at radius 3 is 2.83 bits per heavy atom. The number of hydrogen-bond donors (Lipinski definition) is 1. The summed E-state index contributed by atoms with van der Waals surface area (Å²) in [5.41, 5.74) is 0. The molecule has 0 aromatic carbocycles. The highest BCUT2D eigenvalue weighted by Gasteiger charge is 2.33. The average molecular weight is 175 g/mol. The number of hydrogen-bond acceptors (Lipinski definition) is 5. The highest BCUT2D eigenvalue weighted by atomic mass is 16.6. The molecule has 1 saturated heterocycles. The van der Waals surface area contributed by atoms with Gasteiger partial charge in [0.1, 0.15) is 6.10 Å². The van der Waals surface area contributed by atoms with Gasteiger partial charge in [0, 0.05) is 17.8 Å². The van der Waals surface area contributed by atoms with E-state index in [4.69, 9.17) is 5.11 Å². The predicted molar refractivity (Wildman–Crippen MR) is 37.0 cm³/mol. The molecule has 0 spiro atoms. The van der Waals surface area contributed by atoms with Crippen molar-refractivity contribution in [3.63, 3.8) is 0 Å². The molecular formula is C6H9NO5. The molecule has 0 aromatic rings. The predicted octanol–water partition coefficient (Wildman–Crippen LogP) is -0.670. The molecule has 0 aromatic heterocycles. The number of carbonyl (C=O) groups is 1. The maximum absolute atomic E-state index is 10.6. The van der Waals surface area contributed by atoms with Gasteiger partial charge < -0.3 is 9.84 Å². The number of nitro groups is 1. The van der Waals surface area contributed by atoms with E-state index in [1.807, 2.05) is 0 Å². The van der Waals surface area contributed by atoms with E-state index in [0.29, 0.717) is 0 Å². The molecule has 6 nitrogen and oxygen atoms in total. The van der Waals surface area contributed by atoms with Gasteiger partial charge in [0.25, 0.3) is 0 Å². The standard InChI is InChI=1S/C6H9NO5/c8-5-3-4(12-6(5)9)1-2-7(10)11/h4-5,8H,1-3H2/t4-,5-/m1/s1. The van der Waals surface area contributed by atoms with Crippen LogP contribution in [-0.4, -0.2) is 34.8 Å². The Hall–Kier alpha value is -1.17. The summed E-state index contributed by atoms with van der Waals surface area (Å²) in [7, 11) is 0. The van der Waals surface area contributed by atoms with E-state index >= 15 is 0 Å². The summed E-state index contributed by atoms with van der Waals surface area (Å²) in [4.78, 5) is 20.0. The maximum Gasteiger partial charge on any atom is 0.335 e. The summed E-state index contributed by atoms with van der Waals surface area (Å²) in [6.07, 6.45) is -1.23. The number of rotatable bonds is 3. The molecule has 6 heteroatoms. The van der Waals surface area contributed by atoms with Crippen LogP contribution in [0.2, 0.25) is 0 Å². The molecule has 1 heterocycles. The van der Waals surface area contributed by atoms with Crippen molar-refractivity contribution in [1.29, 1.82) is 0 Å². The molecular weight excluding hydrogens is 166 g/mol. The minimum atomic E-state index is -1.10. The highest BCUT2D eigenvalue weighted by molar-refractivity contribution is 5.76. The lowest BCUT2D eigenvalue weighted by molar-refractivity contribution is -0.481. The molecule has 1 N–H and O–H groups in total. The van der Waals surface area contributed by atoms with Gasteiger partial charge in [-0.3, -0.25) is 10.1 Å². The van der Waals surface area contributed by atoms with Crippen LogP contribution in [0.1, 0.15) is 12.8 Å². The quantitative estimate of drug-likeness (QED) is 0.349. The number of ether oxygens (including phenoxy) is 1. The highest BCUT2D eigenvalue weighted by Crippen LogP contribution is 2.17. The summed E-state index contributed by atoms with van der Waals surface area (Å²) in [6.45, 7) is -0.231. The van der Waals surface area contributed by atoms with Crippen molar-refractivity contribution < 1.29 is 19.6 Å². The fourth-order valence-corrected chi connectivity index (χ4v) is 1.06. The van der Waals surface area contributed by atoms with Gasteiger partial charge in [-0.05, 0) is 0 Å². The van der Waals surface area contributed by atoms with Gasteiger partial charge in [0.2, 0.25) is 6.54 Å². The minimum absolute atomic E-state index is 0.173. The number of aliphatic hydroxyl groups is 1. The molecule has 0 unspecified atom stereocenters. The van der Waals surface area contributed by atoms with Crippen molar-refractivity contribution >= 4 is 5.97 Å². The Labute approximate surface area is 68.3 Å². The molecule has 12 heavy (non-hydrogen) atoms. The largest absolute Gasteiger partial charge is 0.460 e. The average Bonchev–Trinajstić information content (AvgIpc) is 2.28. The van der Waals surface area contributed by atoms with E-state index in [-0.39, 0.29) is 19.4 Å². The van der Waals surface area contributed by atoms with Gasteiger partial charge in [0.05, 0.1) is 0 Å². The van der Waals surface area contributed by atoms with Crippen LogP contribution in [0.5, 0.6) is 0 Å². The molecule has 0 amide bonds. The SMILES string of the molecule is O=C1O[C@H](CC[N+](=O)[O-])C[C@H]1O. The zero-order valence-electron chi connectivity index (χ0n) is 6.30. The first-order valence-corrected chi connectivity index (χ1v) is 3.60. The first kappa shape index (κ1) is 8.92. The molecule has 1 aliphatic rings. The van der Waals surface area contributed by atoms with E-state index in [1.165, 1.54) is 0 Å². The second-order valence-electron chi connectivity index (χ2n) is 2.66. The summed E-state index contributed by atoms with van der Waals surface area (Å²) >= 11 is 0. The molecule has 2 atom stereocenters. The Balaban J connectivity index is 2.28. The number of nitrogens with zero attached hydrogens (tertiary/aromatic N) is 1. The Morgan fingerprint density at radius 1 is 1.75 bits per heavy atom. The zero-order chi connectivity index (χ0) is 9.14. The molecule has 0 bridgehead atoms. The first-order chi connectivity index (χ1) is 5.59. The third kappa shape index (κ3) is 2.16. The van der Waals surface area contributed by atoms with Crippen molar-refractivity contribution in [1.82, 2.24) is 0 Å². The fourth-order valence-electron chi connectivity index (χ4n) is 1.06. The van der Waals surface area contributed by atoms with Crippen molar-refractivity contribution in [2.75, 3.05) is 6.54 Å². The Kier molecular flexibility index (Phi) is 2.59. The van der Waals surface area contributed by atoms with Crippen molar-refractivity contribution in [2.45, 2.75) is 25.0 Å². The van der Waals surface area contributed by atoms with Crippen LogP contribution in [0.15, 0.2) is 0 Å². The van der Waals surface area contributed by atoms with Crippen molar-refractivity contribution in [3.8, 4) is 0 Å². The Morgan fingerprint density at radius 2 is 2.42 bits per heavy atom. The van der Waals surface area contributed by atoms with Crippen LogP contribution in [0.3, 0.4) is 0 Å². The molecule has 68 valence electrons. The molecule has 0 radical (unpaired) electrons. The third-order valence-electron chi connectivity index (χ3n) is 1.67. The maximum atomic E-state index is 10.6. The number of carbonyl (C=O) groups excluding carboxylic acids is 1. The van der Waals surface area contributed by atoms with Crippen molar-refractivity contribution in [3.05, 3.63) is 10.1 Å². The fraction of sp³-hybridized carbons (Fsp3) is 0.833. The van der Waals surface area contributed by atoms with E-state index in [1.54, 1.807) is 0 Å². The number of aliphatic hydroxyl groups excluding tert-OH is 1. The summed E-state index contributed by atoms with van der Waals surface area (Å²) in [6, 6.07) is 0. The molecule has 1 rings (SSSR count). The van der Waals surface area contributed by atoms with Crippen LogP contribution >= 0.6 is 0 Å². The summed E-state index contributed by atoms with van der Waals surface area (Å²) in [5.74, 6) is -0.677. The van der Waals surface area contributed by atoms with Crippen LogP contribution in [0.25, 0.3) is 0 Å². The lowest BCUT2D eigenvalue weighted by atomic mass is 10.1. The van der Waals surface area contributed by atoms with Crippen LogP contribution < -0.4 is 0 Å². The monoisotopic (exact) mass is 175 g/mol.